The van der Waals surface area contributed by atoms with Gasteiger partial charge >= 0.3 is 5.97 Å². The Morgan fingerprint density at radius 3 is 2.49 bits per heavy atom. The predicted molar refractivity (Wildman–Crippen MR) is 138 cm³/mol. The number of carbonyl (C=O) groups is 2. The van der Waals surface area contributed by atoms with E-state index in [4.69, 9.17) is 9.47 Å². The number of benzene rings is 3. The summed E-state index contributed by atoms with van der Waals surface area (Å²) in [6.07, 6.45) is -0.186. The highest BCUT2D eigenvalue weighted by Gasteiger charge is 2.70. The molecule has 0 spiro atoms. The van der Waals surface area contributed by atoms with E-state index in [1.54, 1.807) is 6.92 Å². The third-order valence-corrected chi connectivity index (χ3v) is 9.07. The summed E-state index contributed by atoms with van der Waals surface area (Å²) >= 11 is 0. The minimum absolute atomic E-state index is 0.0868. The predicted octanol–water partition coefficient (Wildman–Crippen LogP) is 4.29. The molecule has 1 fully saturated rings. The van der Waals surface area contributed by atoms with E-state index in [2.05, 4.69) is 9.88 Å². The van der Waals surface area contributed by atoms with E-state index in [9.17, 15) is 14.7 Å². The lowest BCUT2D eigenvalue weighted by Gasteiger charge is -2.40. The molecule has 37 heavy (non-hydrogen) atoms. The van der Waals surface area contributed by atoms with E-state index in [1.807, 2.05) is 60.0 Å². The number of amides is 1. The van der Waals surface area contributed by atoms with Gasteiger partial charge < -0.3 is 29.0 Å². The third-order valence-electron chi connectivity index (χ3n) is 9.07. The summed E-state index contributed by atoms with van der Waals surface area (Å²) in [6.45, 7) is 4.15. The number of hydrogen-bond acceptors (Lipinski definition) is 5. The van der Waals surface area contributed by atoms with E-state index in [-0.39, 0.29) is 5.91 Å². The number of esters is 1. The fourth-order valence-corrected chi connectivity index (χ4v) is 7.59. The van der Waals surface area contributed by atoms with Crippen molar-refractivity contribution in [2.75, 3.05) is 7.11 Å². The van der Waals surface area contributed by atoms with Crippen molar-refractivity contribution in [3.05, 3.63) is 59.7 Å². The fourth-order valence-electron chi connectivity index (χ4n) is 7.59. The van der Waals surface area contributed by atoms with Gasteiger partial charge in [0.05, 0.1) is 34.7 Å². The topological polar surface area (TPSA) is 94.7 Å². The Hall–Kier alpha value is -3.88. The van der Waals surface area contributed by atoms with Crippen LogP contribution in [0.4, 0.5) is 0 Å². The number of methoxy groups -OCH3 is 1. The molecule has 3 aromatic carbocycles. The zero-order chi connectivity index (χ0) is 25.4. The van der Waals surface area contributed by atoms with Gasteiger partial charge in [0.25, 0.3) is 5.91 Å². The van der Waals surface area contributed by atoms with Gasteiger partial charge in [-0.3, -0.25) is 4.79 Å². The highest BCUT2D eigenvalue weighted by Crippen LogP contribution is 2.60. The number of aromatic nitrogens is 2. The Balaban J connectivity index is 1.74. The minimum atomic E-state index is -1.96. The van der Waals surface area contributed by atoms with Gasteiger partial charge in [0.1, 0.15) is 6.23 Å². The molecule has 5 heterocycles. The molecule has 0 saturated carbocycles. The molecule has 4 atom stereocenters. The van der Waals surface area contributed by atoms with Crippen LogP contribution in [0.3, 0.4) is 0 Å². The second-order valence-corrected chi connectivity index (χ2v) is 10.5. The van der Waals surface area contributed by atoms with Crippen molar-refractivity contribution in [3.8, 4) is 0 Å². The number of aliphatic hydroxyl groups is 1. The Kier molecular flexibility index (Phi) is 3.74. The molecule has 3 aliphatic rings. The maximum Gasteiger partial charge on any atom is 0.343 e. The van der Waals surface area contributed by atoms with Crippen LogP contribution in [0.5, 0.6) is 0 Å². The highest BCUT2D eigenvalue weighted by atomic mass is 16.6. The SMILES string of the molecule is CC[C@@H]1[C@@H]2O[C@@](C)(n3c4ccccc4c4c5c(c6c7ccccc7n2c6c43)C(=O)NC5)[C@]1(O)C(=O)OC. The standard InChI is InChI=1S/C29H25N3O5/c1-4-17-26-31-18-11-7-5-9-14(18)21-22-16(13-30-25(22)33)20-15-10-6-8-12-19(15)32(24(20)23(21)31)28(2,37-26)29(17,35)27(34)36-3/h5-12,17,26,35H,4,13H2,1-3H3,(H,30,33)/t17-,26+,28-,29-/m1/s1. The van der Waals surface area contributed by atoms with Crippen LogP contribution in [0.15, 0.2) is 48.5 Å². The summed E-state index contributed by atoms with van der Waals surface area (Å²) in [6, 6.07) is 15.9. The normalized spacial score (nSPS) is 27.9. The van der Waals surface area contributed by atoms with Crippen molar-refractivity contribution in [2.24, 2.45) is 5.92 Å². The molecule has 8 heteroatoms. The van der Waals surface area contributed by atoms with Crippen LogP contribution in [0, 0.1) is 5.92 Å². The first-order valence-corrected chi connectivity index (χ1v) is 12.7. The van der Waals surface area contributed by atoms with Gasteiger partial charge in [0.2, 0.25) is 5.60 Å². The van der Waals surface area contributed by atoms with Gasteiger partial charge in [-0.05, 0) is 31.0 Å². The monoisotopic (exact) mass is 495 g/mol. The lowest BCUT2D eigenvalue weighted by Crippen LogP contribution is -2.59. The molecule has 2 N–H and O–H groups in total. The van der Waals surface area contributed by atoms with Crippen molar-refractivity contribution in [1.82, 2.24) is 14.5 Å². The number of nitrogens with one attached hydrogen (secondary N) is 1. The molecule has 1 saturated heterocycles. The largest absolute Gasteiger partial charge is 0.467 e. The summed E-state index contributed by atoms with van der Waals surface area (Å²) in [5.74, 6) is -1.41. The van der Waals surface area contributed by atoms with Crippen molar-refractivity contribution in [3.63, 3.8) is 0 Å². The molecule has 186 valence electrons. The van der Waals surface area contributed by atoms with Crippen LogP contribution in [0.1, 0.15) is 42.4 Å². The van der Waals surface area contributed by atoms with Crippen molar-refractivity contribution in [1.29, 1.82) is 0 Å². The molecule has 2 aromatic heterocycles. The molecular formula is C29H25N3O5. The van der Waals surface area contributed by atoms with Gasteiger partial charge in [0.15, 0.2) is 5.72 Å². The summed E-state index contributed by atoms with van der Waals surface area (Å²) in [5, 5.41) is 19.2. The third kappa shape index (κ3) is 2.05. The second kappa shape index (κ2) is 6.51. The Labute approximate surface area is 211 Å². The van der Waals surface area contributed by atoms with Crippen molar-refractivity contribution >= 4 is 55.5 Å². The maximum absolute atomic E-state index is 13.5. The lowest BCUT2D eigenvalue weighted by atomic mass is 9.78. The van der Waals surface area contributed by atoms with Crippen molar-refractivity contribution in [2.45, 2.75) is 44.4 Å². The number of rotatable bonds is 2. The molecule has 1 amide bonds. The van der Waals surface area contributed by atoms with Crippen molar-refractivity contribution < 1.29 is 24.2 Å². The van der Waals surface area contributed by atoms with E-state index in [1.165, 1.54) is 7.11 Å². The van der Waals surface area contributed by atoms with E-state index < -0.39 is 29.4 Å². The second-order valence-electron chi connectivity index (χ2n) is 10.5. The number of fused-ring (bicyclic) bond motifs is 13. The zero-order valence-corrected chi connectivity index (χ0v) is 20.7. The van der Waals surface area contributed by atoms with Crippen LogP contribution < -0.4 is 5.32 Å². The highest BCUT2D eigenvalue weighted by molar-refractivity contribution is 6.31. The molecule has 0 aliphatic carbocycles. The molecule has 8 rings (SSSR count). The van der Waals surface area contributed by atoms with Crippen LogP contribution in [0.2, 0.25) is 0 Å². The maximum atomic E-state index is 13.5. The molecule has 3 aliphatic heterocycles. The summed E-state index contributed by atoms with van der Waals surface area (Å²) in [5.41, 5.74) is 1.66. The zero-order valence-electron chi connectivity index (χ0n) is 20.7. The molecule has 8 nitrogen and oxygen atoms in total. The lowest BCUT2D eigenvalue weighted by molar-refractivity contribution is -0.205. The van der Waals surface area contributed by atoms with E-state index >= 15 is 0 Å². The first-order valence-electron chi connectivity index (χ1n) is 12.7. The average molecular weight is 496 g/mol. The van der Waals surface area contributed by atoms with Gasteiger partial charge in [-0.1, -0.05) is 43.3 Å². The quantitative estimate of drug-likeness (QED) is 0.356. The first kappa shape index (κ1) is 21.2. The summed E-state index contributed by atoms with van der Waals surface area (Å²) in [7, 11) is 1.30. The minimum Gasteiger partial charge on any atom is -0.467 e. The Bertz CT molecular complexity index is 1880. The number of ether oxygens (including phenoxy) is 2. The number of nitrogens with zero attached hydrogens (tertiary/aromatic N) is 2. The van der Waals surface area contributed by atoms with Crippen LogP contribution >= 0.6 is 0 Å². The van der Waals surface area contributed by atoms with Gasteiger partial charge in [0, 0.05) is 34.0 Å². The van der Waals surface area contributed by atoms with Gasteiger partial charge in [-0.25, -0.2) is 4.79 Å². The summed E-state index contributed by atoms with van der Waals surface area (Å²) < 4.78 is 16.2. The number of hydrogen-bond donors (Lipinski definition) is 2. The number of carbonyl (C=O) groups excluding carboxylic acids is 2. The Morgan fingerprint density at radius 2 is 1.78 bits per heavy atom. The summed E-state index contributed by atoms with van der Waals surface area (Å²) in [4.78, 5) is 26.8. The Morgan fingerprint density at radius 1 is 1.11 bits per heavy atom. The van der Waals surface area contributed by atoms with Crippen LogP contribution in [-0.2, 0) is 26.5 Å². The fraction of sp³-hybridized carbons (Fsp3) is 0.310. The van der Waals surface area contributed by atoms with Crippen LogP contribution in [0.25, 0.3) is 43.6 Å². The molecular weight excluding hydrogens is 470 g/mol. The van der Waals surface area contributed by atoms with Gasteiger partial charge in [-0.2, -0.15) is 0 Å². The van der Waals surface area contributed by atoms with Gasteiger partial charge in [-0.15, -0.1) is 0 Å². The number of para-hydroxylation sites is 2. The molecule has 0 radical (unpaired) electrons. The molecule has 0 unspecified atom stereocenters. The molecule has 2 bridgehead atoms. The molecule has 5 aromatic rings. The van der Waals surface area contributed by atoms with E-state index in [0.29, 0.717) is 18.5 Å². The smallest absolute Gasteiger partial charge is 0.343 e. The van der Waals surface area contributed by atoms with Crippen LogP contribution in [-0.4, -0.2) is 38.8 Å². The first-order chi connectivity index (χ1) is 17.9. The average Bonchev–Trinajstić information content (AvgIpc) is 3.59. The van der Waals surface area contributed by atoms with E-state index in [0.717, 1.165) is 49.2 Å².